The highest BCUT2D eigenvalue weighted by molar-refractivity contribution is 6.02. The van der Waals surface area contributed by atoms with Crippen LogP contribution < -0.4 is 0 Å². The van der Waals surface area contributed by atoms with E-state index in [1.54, 1.807) is 0 Å². The Balaban J connectivity index is 1.42. The van der Waals surface area contributed by atoms with Crippen molar-refractivity contribution in [3.05, 3.63) is 35.2 Å². The van der Waals surface area contributed by atoms with E-state index in [2.05, 4.69) is 34.2 Å². The Hall–Kier alpha value is -2.54. The molecule has 1 aromatic carbocycles. The lowest BCUT2D eigenvalue weighted by molar-refractivity contribution is -0.137. The van der Waals surface area contributed by atoms with Gasteiger partial charge in [0, 0.05) is 42.5 Å². The summed E-state index contributed by atoms with van der Waals surface area (Å²) in [6.45, 7) is 8.14. The quantitative estimate of drug-likeness (QED) is 0.792. The first kappa shape index (κ1) is 18.8. The number of benzene rings is 1. The predicted molar refractivity (Wildman–Crippen MR) is 105 cm³/mol. The monoisotopic (exact) mass is 382 g/mol. The van der Waals surface area contributed by atoms with Crippen LogP contribution >= 0.6 is 0 Å². The van der Waals surface area contributed by atoms with Gasteiger partial charge in [0.15, 0.2) is 0 Å². The van der Waals surface area contributed by atoms with Crippen LogP contribution in [0.25, 0.3) is 11.4 Å². The molecule has 2 aromatic rings. The molecule has 7 nitrogen and oxygen atoms in total. The first-order valence-corrected chi connectivity index (χ1v) is 9.95. The van der Waals surface area contributed by atoms with Gasteiger partial charge < -0.3 is 14.2 Å². The number of hydrogen-bond acceptors (Lipinski definition) is 6. The molecule has 0 aliphatic carbocycles. The third kappa shape index (κ3) is 3.58. The van der Waals surface area contributed by atoms with Crippen molar-refractivity contribution < 1.29 is 14.1 Å². The van der Waals surface area contributed by atoms with E-state index in [4.69, 9.17) is 9.26 Å². The van der Waals surface area contributed by atoms with Crippen molar-refractivity contribution in [2.24, 2.45) is 4.99 Å². The van der Waals surface area contributed by atoms with E-state index in [0.717, 1.165) is 24.1 Å². The van der Waals surface area contributed by atoms with Crippen LogP contribution in [0.1, 0.15) is 62.6 Å². The summed E-state index contributed by atoms with van der Waals surface area (Å²) in [6.07, 6.45) is 1.65. The fourth-order valence-electron chi connectivity index (χ4n) is 3.98. The highest BCUT2D eigenvalue weighted by Crippen LogP contribution is 2.33. The van der Waals surface area contributed by atoms with Gasteiger partial charge in [-0.1, -0.05) is 17.3 Å². The molecule has 7 heteroatoms. The predicted octanol–water partition coefficient (Wildman–Crippen LogP) is 3.36. The smallest absolute Gasteiger partial charge is 0.248 e. The Kier molecular flexibility index (Phi) is 5.26. The molecule has 148 valence electrons. The zero-order chi connectivity index (χ0) is 19.7. The molecule has 1 atom stereocenters. The van der Waals surface area contributed by atoms with E-state index in [1.807, 2.05) is 24.8 Å². The Labute approximate surface area is 164 Å². The molecule has 1 aromatic heterocycles. The Morgan fingerprint density at radius 1 is 1.32 bits per heavy atom. The Morgan fingerprint density at radius 2 is 2.11 bits per heavy atom. The van der Waals surface area contributed by atoms with Crippen LogP contribution in [-0.2, 0) is 9.53 Å². The summed E-state index contributed by atoms with van der Waals surface area (Å²) in [7, 11) is 0. The molecule has 0 spiro atoms. The van der Waals surface area contributed by atoms with Crippen molar-refractivity contribution >= 4 is 11.6 Å². The molecule has 1 fully saturated rings. The molecule has 0 radical (unpaired) electrons. The number of ether oxygens (including phenoxy) is 1. The summed E-state index contributed by atoms with van der Waals surface area (Å²) < 4.78 is 10.8. The summed E-state index contributed by atoms with van der Waals surface area (Å²) in [6, 6.07) is 6.40. The van der Waals surface area contributed by atoms with E-state index in [1.165, 1.54) is 11.1 Å². The SMILES string of the molecule is CCOCC(=O)N1CCC(c2nc(-c3ccc4c(c3)C(C)N=C4C)no2)CC1. The molecule has 2 aliphatic heterocycles. The second kappa shape index (κ2) is 7.83. The lowest BCUT2D eigenvalue weighted by Crippen LogP contribution is -2.40. The second-order valence-electron chi connectivity index (χ2n) is 7.44. The normalized spacial score (nSPS) is 19.6. The average Bonchev–Trinajstić information content (AvgIpc) is 3.31. The molecular formula is C21H26N4O3. The maximum atomic E-state index is 12.1. The fraction of sp³-hybridized carbons (Fsp3) is 0.524. The van der Waals surface area contributed by atoms with E-state index >= 15 is 0 Å². The zero-order valence-corrected chi connectivity index (χ0v) is 16.6. The summed E-state index contributed by atoms with van der Waals surface area (Å²) >= 11 is 0. The van der Waals surface area contributed by atoms with Crippen LogP contribution in [0.2, 0.25) is 0 Å². The average molecular weight is 382 g/mol. The highest BCUT2D eigenvalue weighted by Gasteiger charge is 2.28. The first-order valence-electron chi connectivity index (χ1n) is 9.95. The van der Waals surface area contributed by atoms with Crippen LogP contribution in [0.3, 0.4) is 0 Å². The molecule has 0 saturated carbocycles. The minimum absolute atomic E-state index is 0.0521. The van der Waals surface area contributed by atoms with E-state index < -0.39 is 0 Å². The highest BCUT2D eigenvalue weighted by atomic mass is 16.5. The first-order chi connectivity index (χ1) is 13.6. The van der Waals surface area contributed by atoms with Gasteiger partial charge in [0.1, 0.15) is 6.61 Å². The minimum atomic E-state index is 0.0521. The fourth-order valence-corrected chi connectivity index (χ4v) is 3.98. The standard InChI is InChI=1S/C21H26N4O3/c1-4-27-12-19(26)25-9-7-15(8-10-25)21-23-20(24-28-21)16-5-6-17-13(2)22-14(3)18(17)11-16/h5-6,11,14-15H,4,7-10,12H2,1-3H3. The maximum absolute atomic E-state index is 12.1. The van der Waals surface area contributed by atoms with E-state index in [0.29, 0.717) is 31.4 Å². The number of rotatable bonds is 5. The molecule has 0 N–H and O–H groups in total. The molecular weight excluding hydrogens is 356 g/mol. The van der Waals surface area contributed by atoms with Crippen molar-refractivity contribution in [2.75, 3.05) is 26.3 Å². The van der Waals surface area contributed by atoms with Crippen molar-refractivity contribution in [3.63, 3.8) is 0 Å². The molecule has 2 aliphatic rings. The van der Waals surface area contributed by atoms with Crippen LogP contribution in [0.4, 0.5) is 0 Å². The van der Waals surface area contributed by atoms with Crippen LogP contribution in [0.5, 0.6) is 0 Å². The van der Waals surface area contributed by atoms with Gasteiger partial charge in [0.05, 0.1) is 6.04 Å². The number of amides is 1. The second-order valence-corrected chi connectivity index (χ2v) is 7.44. The van der Waals surface area contributed by atoms with Crippen molar-refractivity contribution in [1.29, 1.82) is 0 Å². The summed E-state index contributed by atoms with van der Waals surface area (Å²) in [5, 5.41) is 4.20. The number of carbonyl (C=O) groups is 1. The number of aliphatic imine (C=N–C) groups is 1. The van der Waals surface area contributed by atoms with Gasteiger partial charge in [-0.05, 0) is 45.2 Å². The van der Waals surface area contributed by atoms with Gasteiger partial charge in [0.25, 0.3) is 0 Å². The Morgan fingerprint density at radius 3 is 2.86 bits per heavy atom. The van der Waals surface area contributed by atoms with E-state index in [9.17, 15) is 4.79 Å². The molecule has 0 bridgehead atoms. The topological polar surface area (TPSA) is 80.8 Å². The van der Waals surface area contributed by atoms with Gasteiger partial charge in [-0.2, -0.15) is 4.98 Å². The van der Waals surface area contributed by atoms with Crippen LogP contribution in [0, 0.1) is 0 Å². The minimum Gasteiger partial charge on any atom is -0.372 e. The summed E-state index contributed by atoms with van der Waals surface area (Å²) in [5.41, 5.74) is 4.44. The largest absolute Gasteiger partial charge is 0.372 e. The van der Waals surface area contributed by atoms with Gasteiger partial charge in [0.2, 0.25) is 17.6 Å². The summed E-state index contributed by atoms with van der Waals surface area (Å²) in [4.78, 5) is 23.2. The van der Waals surface area contributed by atoms with Gasteiger partial charge in [-0.3, -0.25) is 9.79 Å². The summed E-state index contributed by atoms with van der Waals surface area (Å²) in [5.74, 6) is 1.52. The molecule has 28 heavy (non-hydrogen) atoms. The number of fused-ring (bicyclic) bond motifs is 1. The van der Waals surface area contributed by atoms with Crippen molar-refractivity contribution in [2.45, 2.75) is 45.6 Å². The number of carbonyl (C=O) groups excluding carboxylic acids is 1. The lowest BCUT2D eigenvalue weighted by Gasteiger charge is -2.30. The Bertz CT molecular complexity index is 897. The molecule has 1 amide bonds. The molecule has 1 saturated heterocycles. The van der Waals surface area contributed by atoms with Crippen molar-refractivity contribution in [3.8, 4) is 11.4 Å². The molecule has 4 rings (SSSR count). The molecule has 1 unspecified atom stereocenters. The van der Waals surface area contributed by atoms with E-state index in [-0.39, 0.29) is 24.5 Å². The number of nitrogens with zero attached hydrogens (tertiary/aromatic N) is 4. The van der Waals surface area contributed by atoms with Crippen molar-refractivity contribution in [1.82, 2.24) is 15.0 Å². The number of hydrogen-bond donors (Lipinski definition) is 0. The van der Waals surface area contributed by atoms with Gasteiger partial charge in [-0.25, -0.2) is 0 Å². The van der Waals surface area contributed by atoms with Crippen LogP contribution in [-0.4, -0.2) is 53.0 Å². The molecule has 3 heterocycles. The number of piperidine rings is 1. The number of likely N-dealkylation sites (tertiary alicyclic amines) is 1. The lowest BCUT2D eigenvalue weighted by atomic mass is 9.96. The third-order valence-corrected chi connectivity index (χ3v) is 5.61. The third-order valence-electron chi connectivity index (χ3n) is 5.61. The maximum Gasteiger partial charge on any atom is 0.248 e. The number of aromatic nitrogens is 2. The van der Waals surface area contributed by atoms with Gasteiger partial charge >= 0.3 is 0 Å². The van der Waals surface area contributed by atoms with Crippen LogP contribution in [0.15, 0.2) is 27.7 Å². The zero-order valence-electron chi connectivity index (χ0n) is 16.6. The van der Waals surface area contributed by atoms with Gasteiger partial charge in [-0.15, -0.1) is 0 Å².